The molecule has 0 fully saturated rings. The van der Waals surface area contributed by atoms with Crippen LogP contribution in [0.1, 0.15) is 27.2 Å². The van der Waals surface area contributed by atoms with Crippen LogP contribution in [0.5, 0.6) is 0 Å². The number of amides is 1. The predicted octanol–water partition coefficient (Wildman–Crippen LogP) is 3.26. The van der Waals surface area contributed by atoms with Crippen molar-refractivity contribution in [1.29, 1.82) is 0 Å². The fourth-order valence-corrected chi connectivity index (χ4v) is 2.47. The molecule has 1 aromatic heterocycles. The zero-order chi connectivity index (χ0) is 16.9. The van der Waals surface area contributed by atoms with Gasteiger partial charge in [0.05, 0.1) is 11.3 Å². The Morgan fingerprint density at radius 2 is 2.09 bits per heavy atom. The molecular weight excluding hydrogens is 315 g/mol. The Morgan fingerprint density at radius 3 is 2.78 bits per heavy atom. The Morgan fingerprint density at radius 1 is 1.35 bits per heavy atom. The lowest BCUT2D eigenvalue weighted by Gasteiger charge is -2.17. The molecule has 0 bridgehead atoms. The van der Waals surface area contributed by atoms with Crippen molar-refractivity contribution >= 4 is 17.7 Å². The minimum absolute atomic E-state index is 0.0588. The molecule has 1 aromatic carbocycles. The standard InChI is InChI=1S/C16H21FN4OS/c1-16(2,3)8-9-18-13(22)10-23-15-19-14(20-21-15)11-6-4-5-7-12(11)17/h4-7H,8-10H2,1-3H3,(H,18,22)(H,19,20,21). The van der Waals surface area contributed by atoms with Gasteiger partial charge in [-0.3, -0.25) is 9.89 Å². The minimum atomic E-state index is -0.361. The van der Waals surface area contributed by atoms with Gasteiger partial charge in [0.1, 0.15) is 5.82 Å². The van der Waals surface area contributed by atoms with Crippen molar-refractivity contribution in [3.8, 4) is 11.4 Å². The summed E-state index contributed by atoms with van der Waals surface area (Å²) in [5, 5.41) is 10.00. The summed E-state index contributed by atoms with van der Waals surface area (Å²) in [5.74, 6) is 0.175. The predicted molar refractivity (Wildman–Crippen MR) is 89.6 cm³/mol. The average Bonchev–Trinajstić information content (AvgIpc) is 2.93. The number of rotatable bonds is 6. The van der Waals surface area contributed by atoms with Gasteiger partial charge in [0.15, 0.2) is 5.82 Å². The van der Waals surface area contributed by atoms with E-state index in [9.17, 15) is 9.18 Å². The summed E-state index contributed by atoms with van der Waals surface area (Å²) < 4.78 is 13.7. The zero-order valence-electron chi connectivity index (χ0n) is 13.5. The summed E-state index contributed by atoms with van der Waals surface area (Å²) in [7, 11) is 0. The second kappa shape index (κ2) is 7.59. The van der Waals surface area contributed by atoms with Gasteiger partial charge >= 0.3 is 0 Å². The molecule has 5 nitrogen and oxygen atoms in total. The molecule has 2 aromatic rings. The Hall–Kier alpha value is -1.89. The third-order valence-electron chi connectivity index (χ3n) is 3.12. The molecule has 124 valence electrons. The van der Waals surface area contributed by atoms with Crippen LogP contribution in [0.25, 0.3) is 11.4 Å². The lowest BCUT2D eigenvalue weighted by molar-refractivity contribution is -0.118. The van der Waals surface area contributed by atoms with Crippen molar-refractivity contribution in [2.45, 2.75) is 32.3 Å². The van der Waals surface area contributed by atoms with Crippen LogP contribution >= 0.6 is 11.8 Å². The van der Waals surface area contributed by atoms with Crippen molar-refractivity contribution in [2.75, 3.05) is 12.3 Å². The fourth-order valence-electron chi connectivity index (χ4n) is 1.84. The third kappa shape index (κ3) is 5.67. The Kier molecular flexibility index (Phi) is 5.76. The molecule has 7 heteroatoms. The van der Waals surface area contributed by atoms with Crippen molar-refractivity contribution in [2.24, 2.45) is 5.41 Å². The summed E-state index contributed by atoms with van der Waals surface area (Å²) in [4.78, 5) is 16.0. The highest BCUT2D eigenvalue weighted by Crippen LogP contribution is 2.21. The molecule has 0 aliphatic heterocycles. The first-order valence-electron chi connectivity index (χ1n) is 7.42. The molecule has 23 heavy (non-hydrogen) atoms. The largest absolute Gasteiger partial charge is 0.355 e. The Labute approximate surface area is 139 Å². The minimum Gasteiger partial charge on any atom is -0.355 e. The van der Waals surface area contributed by atoms with Crippen LogP contribution in [0.15, 0.2) is 29.4 Å². The number of halogens is 1. The van der Waals surface area contributed by atoms with E-state index in [-0.39, 0.29) is 22.9 Å². The summed E-state index contributed by atoms with van der Waals surface area (Å²) >= 11 is 1.22. The first kappa shape index (κ1) is 17.5. The zero-order valence-corrected chi connectivity index (χ0v) is 14.3. The maximum absolute atomic E-state index is 13.7. The maximum atomic E-state index is 13.7. The van der Waals surface area contributed by atoms with Crippen LogP contribution in [0.4, 0.5) is 4.39 Å². The molecule has 0 atom stereocenters. The molecule has 0 radical (unpaired) electrons. The second-order valence-electron chi connectivity index (χ2n) is 6.40. The van der Waals surface area contributed by atoms with E-state index in [0.717, 1.165) is 6.42 Å². The monoisotopic (exact) mass is 336 g/mol. The maximum Gasteiger partial charge on any atom is 0.230 e. The first-order chi connectivity index (χ1) is 10.8. The van der Waals surface area contributed by atoms with Crippen LogP contribution in [-0.2, 0) is 4.79 Å². The van der Waals surface area contributed by atoms with E-state index in [1.807, 2.05) is 0 Å². The van der Waals surface area contributed by atoms with Crippen molar-refractivity contribution in [1.82, 2.24) is 20.5 Å². The number of nitrogens with one attached hydrogen (secondary N) is 2. The van der Waals surface area contributed by atoms with Gasteiger partial charge in [0.25, 0.3) is 0 Å². The quantitative estimate of drug-likeness (QED) is 0.794. The van der Waals surface area contributed by atoms with Crippen molar-refractivity contribution in [3.05, 3.63) is 30.1 Å². The Bertz CT molecular complexity index is 666. The molecule has 1 amide bonds. The number of carbonyl (C=O) groups excluding carboxylic acids is 1. The third-order valence-corrected chi connectivity index (χ3v) is 3.97. The number of nitrogens with zero attached hydrogens (tertiary/aromatic N) is 2. The highest BCUT2D eigenvalue weighted by molar-refractivity contribution is 7.99. The highest BCUT2D eigenvalue weighted by Gasteiger charge is 2.13. The molecular formula is C16H21FN4OS. The van der Waals surface area contributed by atoms with Gasteiger partial charge in [0.2, 0.25) is 11.1 Å². The molecule has 0 saturated heterocycles. The normalized spacial score (nSPS) is 11.5. The van der Waals surface area contributed by atoms with Crippen LogP contribution in [0.2, 0.25) is 0 Å². The number of aromatic amines is 1. The molecule has 1 heterocycles. The number of H-pyrrole nitrogens is 1. The van der Waals surface area contributed by atoms with E-state index in [1.54, 1.807) is 18.2 Å². The molecule has 2 N–H and O–H groups in total. The van der Waals surface area contributed by atoms with E-state index in [0.29, 0.717) is 23.1 Å². The van der Waals surface area contributed by atoms with Gasteiger partial charge in [-0.25, -0.2) is 9.37 Å². The van der Waals surface area contributed by atoms with E-state index >= 15 is 0 Å². The highest BCUT2D eigenvalue weighted by atomic mass is 32.2. The van der Waals surface area contributed by atoms with E-state index in [1.165, 1.54) is 17.8 Å². The molecule has 0 unspecified atom stereocenters. The van der Waals surface area contributed by atoms with Gasteiger partial charge < -0.3 is 5.32 Å². The van der Waals surface area contributed by atoms with Crippen LogP contribution in [0.3, 0.4) is 0 Å². The summed E-state index contributed by atoms with van der Waals surface area (Å²) in [6.07, 6.45) is 0.918. The molecule has 0 aliphatic carbocycles. The molecule has 0 aliphatic rings. The van der Waals surface area contributed by atoms with Crippen LogP contribution < -0.4 is 5.32 Å². The van der Waals surface area contributed by atoms with E-state index in [2.05, 4.69) is 41.3 Å². The number of benzene rings is 1. The van der Waals surface area contributed by atoms with E-state index in [4.69, 9.17) is 0 Å². The summed E-state index contributed by atoms with van der Waals surface area (Å²) in [5.41, 5.74) is 0.556. The van der Waals surface area contributed by atoms with Crippen LogP contribution in [0, 0.1) is 11.2 Å². The SMILES string of the molecule is CC(C)(C)CCNC(=O)CSc1n[nH]c(-c2ccccc2F)n1. The average molecular weight is 336 g/mol. The van der Waals surface area contributed by atoms with E-state index < -0.39 is 0 Å². The van der Waals surface area contributed by atoms with Gasteiger partial charge in [-0.15, -0.1) is 5.10 Å². The van der Waals surface area contributed by atoms with Crippen molar-refractivity contribution in [3.63, 3.8) is 0 Å². The van der Waals surface area contributed by atoms with Gasteiger partial charge in [-0.2, -0.15) is 0 Å². The number of thioether (sulfide) groups is 1. The molecule has 0 spiro atoms. The fraction of sp³-hybridized carbons (Fsp3) is 0.438. The number of hydrogen-bond donors (Lipinski definition) is 2. The summed E-state index contributed by atoms with van der Waals surface area (Å²) in [6, 6.07) is 6.35. The number of carbonyl (C=O) groups is 1. The lowest BCUT2D eigenvalue weighted by Crippen LogP contribution is -2.28. The smallest absolute Gasteiger partial charge is 0.230 e. The Balaban J connectivity index is 1.83. The number of hydrogen-bond acceptors (Lipinski definition) is 4. The number of aromatic nitrogens is 3. The van der Waals surface area contributed by atoms with Gasteiger partial charge in [-0.05, 0) is 24.0 Å². The van der Waals surface area contributed by atoms with Crippen molar-refractivity contribution < 1.29 is 9.18 Å². The second-order valence-corrected chi connectivity index (χ2v) is 7.34. The molecule has 0 saturated carbocycles. The molecule has 2 rings (SSSR count). The topological polar surface area (TPSA) is 70.7 Å². The summed E-state index contributed by atoms with van der Waals surface area (Å²) in [6.45, 7) is 7.04. The lowest BCUT2D eigenvalue weighted by atomic mass is 9.92. The van der Waals surface area contributed by atoms with Gasteiger partial charge in [0, 0.05) is 6.54 Å². The first-order valence-corrected chi connectivity index (χ1v) is 8.40. The van der Waals surface area contributed by atoms with Crippen LogP contribution in [-0.4, -0.2) is 33.4 Å². The van der Waals surface area contributed by atoms with Gasteiger partial charge in [-0.1, -0.05) is 44.7 Å².